The summed E-state index contributed by atoms with van der Waals surface area (Å²) < 4.78 is 22.2. The van der Waals surface area contributed by atoms with Crippen molar-refractivity contribution in [2.45, 2.75) is 27.3 Å². The van der Waals surface area contributed by atoms with Gasteiger partial charge in [-0.2, -0.15) is 0 Å². The maximum Gasteiger partial charge on any atom is 0.338 e. The molecule has 0 radical (unpaired) electrons. The quantitative estimate of drug-likeness (QED) is 0.448. The highest BCUT2D eigenvalue weighted by Crippen LogP contribution is 2.39. The maximum absolute atomic E-state index is 12.7. The molecule has 8 nitrogen and oxygen atoms in total. The standard InChI is InChI=1S/C25H34N2O6/c1-7-30-21-14-19(15-22(31-8-2)24(21)32-9-3)25(29)33-17-23(28)27(6)16-18-10-12-20(13-11-18)26(4)5/h10-15H,7-9,16-17H2,1-6H3. The average Bonchev–Trinajstić information content (AvgIpc) is 2.79. The number of carbonyl (C=O) groups is 2. The average molecular weight is 459 g/mol. The second-order valence-electron chi connectivity index (χ2n) is 7.49. The Kier molecular flexibility index (Phi) is 9.84. The van der Waals surface area contributed by atoms with Gasteiger partial charge in [-0.05, 0) is 50.6 Å². The molecule has 1 amide bonds. The molecule has 0 spiro atoms. The first kappa shape index (κ1) is 25.8. The van der Waals surface area contributed by atoms with E-state index in [4.69, 9.17) is 18.9 Å². The summed E-state index contributed by atoms with van der Waals surface area (Å²) in [7, 11) is 5.61. The number of amides is 1. The van der Waals surface area contributed by atoms with Gasteiger partial charge in [-0.25, -0.2) is 4.79 Å². The molecule has 0 aliphatic heterocycles. The third kappa shape index (κ3) is 7.30. The zero-order valence-electron chi connectivity index (χ0n) is 20.3. The third-order valence-corrected chi connectivity index (χ3v) is 4.77. The van der Waals surface area contributed by atoms with E-state index in [-0.39, 0.29) is 18.1 Å². The summed E-state index contributed by atoms with van der Waals surface area (Å²) in [6.45, 7) is 6.77. The Morgan fingerprint density at radius 1 is 0.818 bits per heavy atom. The lowest BCUT2D eigenvalue weighted by molar-refractivity contribution is -0.133. The fourth-order valence-electron chi connectivity index (χ4n) is 3.09. The Hall–Kier alpha value is -3.42. The second-order valence-corrected chi connectivity index (χ2v) is 7.49. The van der Waals surface area contributed by atoms with E-state index in [1.807, 2.05) is 64.0 Å². The largest absolute Gasteiger partial charge is 0.490 e. The van der Waals surface area contributed by atoms with Crippen molar-refractivity contribution in [1.82, 2.24) is 4.90 Å². The van der Waals surface area contributed by atoms with Crippen molar-refractivity contribution in [2.75, 3.05) is 52.5 Å². The zero-order chi connectivity index (χ0) is 24.4. The van der Waals surface area contributed by atoms with Crippen molar-refractivity contribution in [3.8, 4) is 17.2 Å². The highest BCUT2D eigenvalue weighted by atomic mass is 16.5. The minimum absolute atomic E-state index is 0.222. The highest BCUT2D eigenvalue weighted by Gasteiger charge is 2.20. The monoisotopic (exact) mass is 458 g/mol. The van der Waals surface area contributed by atoms with Gasteiger partial charge in [0, 0.05) is 33.4 Å². The normalized spacial score (nSPS) is 10.4. The minimum atomic E-state index is -0.642. The number of likely N-dealkylation sites (N-methyl/N-ethyl adjacent to an activating group) is 1. The minimum Gasteiger partial charge on any atom is -0.490 e. The molecule has 0 aliphatic rings. The van der Waals surface area contributed by atoms with Gasteiger partial charge in [0.1, 0.15) is 0 Å². The fourth-order valence-corrected chi connectivity index (χ4v) is 3.09. The van der Waals surface area contributed by atoms with Crippen molar-refractivity contribution >= 4 is 17.6 Å². The van der Waals surface area contributed by atoms with Crippen LogP contribution >= 0.6 is 0 Å². The number of carbonyl (C=O) groups excluding carboxylic acids is 2. The predicted molar refractivity (Wildman–Crippen MR) is 127 cm³/mol. The molecule has 0 atom stereocenters. The fraction of sp³-hybridized carbons (Fsp3) is 0.440. The summed E-state index contributed by atoms with van der Waals surface area (Å²) in [5, 5.41) is 0. The van der Waals surface area contributed by atoms with Crippen molar-refractivity contribution in [1.29, 1.82) is 0 Å². The molecule has 8 heteroatoms. The van der Waals surface area contributed by atoms with Crippen LogP contribution in [0.4, 0.5) is 5.69 Å². The molecule has 0 bridgehead atoms. The van der Waals surface area contributed by atoms with Crippen LogP contribution < -0.4 is 19.1 Å². The van der Waals surface area contributed by atoms with Crippen LogP contribution in [0, 0.1) is 0 Å². The molecule has 2 aromatic rings. The van der Waals surface area contributed by atoms with E-state index >= 15 is 0 Å². The summed E-state index contributed by atoms with van der Waals surface area (Å²) >= 11 is 0. The summed E-state index contributed by atoms with van der Waals surface area (Å²) in [6.07, 6.45) is 0. The molecule has 0 saturated carbocycles. The van der Waals surface area contributed by atoms with Gasteiger partial charge in [-0.3, -0.25) is 4.79 Å². The molecule has 33 heavy (non-hydrogen) atoms. The van der Waals surface area contributed by atoms with Crippen LogP contribution in [0.5, 0.6) is 17.2 Å². The molecule has 180 valence electrons. The van der Waals surface area contributed by atoms with Gasteiger partial charge in [-0.15, -0.1) is 0 Å². The molecular formula is C25H34N2O6. The zero-order valence-corrected chi connectivity index (χ0v) is 20.3. The number of benzene rings is 2. The molecular weight excluding hydrogens is 424 g/mol. The lowest BCUT2D eigenvalue weighted by Gasteiger charge is -2.19. The first-order chi connectivity index (χ1) is 15.8. The van der Waals surface area contributed by atoms with Crippen LogP contribution in [0.1, 0.15) is 36.7 Å². The van der Waals surface area contributed by atoms with Crippen molar-refractivity contribution in [3.63, 3.8) is 0 Å². The SMILES string of the molecule is CCOc1cc(C(=O)OCC(=O)N(C)Cc2ccc(N(C)C)cc2)cc(OCC)c1OCC. The Labute approximate surface area is 196 Å². The van der Waals surface area contributed by atoms with Gasteiger partial charge in [0.15, 0.2) is 18.1 Å². The van der Waals surface area contributed by atoms with E-state index in [0.717, 1.165) is 11.3 Å². The number of hydrogen-bond acceptors (Lipinski definition) is 7. The summed E-state index contributed by atoms with van der Waals surface area (Å²) in [5.74, 6) is 0.274. The molecule has 2 rings (SSSR count). The maximum atomic E-state index is 12.7. The Balaban J connectivity index is 2.05. The van der Waals surface area contributed by atoms with Crippen LogP contribution in [0.15, 0.2) is 36.4 Å². The highest BCUT2D eigenvalue weighted by molar-refractivity contribution is 5.92. The lowest BCUT2D eigenvalue weighted by atomic mass is 10.2. The van der Waals surface area contributed by atoms with Gasteiger partial charge < -0.3 is 28.7 Å². The van der Waals surface area contributed by atoms with Gasteiger partial charge in [-0.1, -0.05) is 12.1 Å². The van der Waals surface area contributed by atoms with E-state index in [1.165, 1.54) is 4.90 Å². The molecule has 0 fully saturated rings. The van der Waals surface area contributed by atoms with Gasteiger partial charge in [0.25, 0.3) is 5.91 Å². The third-order valence-electron chi connectivity index (χ3n) is 4.77. The Morgan fingerprint density at radius 2 is 1.36 bits per heavy atom. The number of esters is 1. The first-order valence-corrected chi connectivity index (χ1v) is 11.0. The Bertz CT molecular complexity index is 900. The number of nitrogens with zero attached hydrogens (tertiary/aromatic N) is 2. The van der Waals surface area contributed by atoms with Crippen LogP contribution in [0.2, 0.25) is 0 Å². The number of rotatable bonds is 12. The van der Waals surface area contributed by atoms with E-state index in [0.29, 0.717) is 43.6 Å². The summed E-state index contributed by atoms with van der Waals surface area (Å²) in [5.41, 5.74) is 2.28. The molecule has 0 heterocycles. The molecule has 0 aliphatic carbocycles. The van der Waals surface area contributed by atoms with Crippen molar-refractivity contribution < 1.29 is 28.5 Å². The van der Waals surface area contributed by atoms with E-state index in [1.54, 1.807) is 19.2 Å². The lowest BCUT2D eigenvalue weighted by Crippen LogP contribution is -2.30. The molecule has 2 aromatic carbocycles. The molecule has 0 aromatic heterocycles. The van der Waals surface area contributed by atoms with Crippen LogP contribution in [0.3, 0.4) is 0 Å². The number of ether oxygens (including phenoxy) is 4. The van der Waals surface area contributed by atoms with Gasteiger partial charge in [0.05, 0.1) is 25.4 Å². The van der Waals surface area contributed by atoms with E-state index < -0.39 is 5.97 Å². The molecule has 0 unspecified atom stereocenters. The first-order valence-electron chi connectivity index (χ1n) is 11.0. The van der Waals surface area contributed by atoms with Crippen molar-refractivity contribution in [2.24, 2.45) is 0 Å². The van der Waals surface area contributed by atoms with Crippen LogP contribution in [-0.4, -0.2) is 64.3 Å². The van der Waals surface area contributed by atoms with Gasteiger partial charge in [0.2, 0.25) is 5.75 Å². The predicted octanol–water partition coefficient (Wildman–Crippen LogP) is 3.76. The number of anilines is 1. The summed E-state index contributed by atoms with van der Waals surface area (Å²) in [4.78, 5) is 28.7. The second kappa shape index (κ2) is 12.6. The molecule has 0 N–H and O–H groups in total. The topological polar surface area (TPSA) is 77.5 Å². The molecule has 0 saturated heterocycles. The smallest absolute Gasteiger partial charge is 0.338 e. The van der Waals surface area contributed by atoms with Crippen LogP contribution in [-0.2, 0) is 16.1 Å². The van der Waals surface area contributed by atoms with E-state index in [9.17, 15) is 9.59 Å². The number of hydrogen-bond donors (Lipinski definition) is 0. The van der Waals surface area contributed by atoms with Crippen LogP contribution in [0.25, 0.3) is 0 Å². The Morgan fingerprint density at radius 3 is 1.85 bits per heavy atom. The van der Waals surface area contributed by atoms with Gasteiger partial charge >= 0.3 is 5.97 Å². The van der Waals surface area contributed by atoms with Crippen molar-refractivity contribution in [3.05, 3.63) is 47.5 Å². The summed E-state index contributed by atoms with van der Waals surface area (Å²) in [6, 6.07) is 11.0. The van der Waals surface area contributed by atoms with E-state index in [2.05, 4.69) is 0 Å².